The second-order valence-corrected chi connectivity index (χ2v) is 6.82. The summed E-state index contributed by atoms with van der Waals surface area (Å²) in [5.41, 5.74) is 0. The van der Waals surface area contributed by atoms with Crippen LogP contribution in [-0.4, -0.2) is 94.9 Å². The molecule has 0 bridgehead atoms. The fraction of sp³-hybridized carbons (Fsp3) is 0.900. The predicted octanol–water partition coefficient (Wildman–Crippen LogP) is 1.29. The number of carbonyl (C=O) groups is 2. The van der Waals surface area contributed by atoms with Crippen molar-refractivity contribution in [3.05, 3.63) is 0 Å². The number of aliphatic hydroxyl groups excluding tert-OH is 3. The molecule has 10 heteroatoms. The number of hydrogen-bond acceptors (Lipinski definition) is 8. The number of hydrogen-bond donors (Lipinski definition) is 5. The summed E-state index contributed by atoms with van der Waals surface area (Å²) in [5, 5.41) is 42.3. The van der Waals surface area contributed by atoms with E-state index < -0.39 is 18.0 Å². The molecule has 10 nitrogen and oxygen atoms in total. The molecular weight excluding hydrogens is 400 g/mol. The van der Waals surface area contributed by atoms with Crippen molar-refractivity contribution >= 4 is 11.9 Å². The van der Waals surface area contributed by atoms with Crippen LogP contribution in [0.5, 0.6) is 0 Å². The highest BCUT2D eigenvalue weighted by molar-refractivity contribution is 5.67. The molecule has 0 aliphatic heterocycles. The summed E-state index contributed by atoms with van der Waals surface area (Å²) in [6.45, 7) is 11.0. The maximum absolute atomic E-state index is 9.90. The van der Waals surface area contributed by atoms with Crippen LogP contribution in [0.25, 0.3) is 0 Å². The van der Waals surface area contributed by atoms with Gasteiger partial charge in [0.25, 0.3) is 0 Å². The molecule has 182 valence electrons. The Morgan fingerprint density at radius 3 is 1.47 bits per heavy atom. The minimum Gasteiger partial charge on any atom is -0.481 e. The van der Waals surface area contributed by atoms with E-state index in [1.807, 2.05) is 13.8 Å². The second-order valence-electron chi connectivity index (χ2n) is 6.82. The van der Waals surface area contributed by atoms with Gasteiger partial charge < -0.3 is 39.7 Å². The summed E-state index contributed by atoms with van der Waals surface area (Å²) in [4.78, 5) is 19.8. The van der Waals surface area contributed by atoms with E-state index >= 15 is 0 Å². The number of carboxylic acids is 2. The Morgan fingerprint density at radius 1 is 0.767 bits per heavy atom. The Hall–Kier alpha value is -1.30. The van der Waals surface area contributed by atoms with Crippen LogP contribution in [0.3, 0.4) is 0 Å². The number of aliphatic hydroxyl groups is 3. The highest BCUT2D eigenvalue weighted by atomic mass is 16.5. The van der Waals surface area contributed by atoms with Gasteiger partial charge >= 0.3 is 11.9 Å². The maximum atomic E-state index is 9.90. The van der Waals surface area contributed by atoms with Gasteiger partial charge in [0.05, 0.1) is 50.8 Å². The van der Waals surface area contributed by atoms with Gasteiger partial charge in [-0.05, 0) is 47.5 Å². The normalized spacial score (nSPS) is 14.3. The summed E-state index contributed by atoms with van der Waals surface area (Å²) in [6, 6.07) is 0. The summed E-state index contributed by atoms with van der Waals surface area (Å²) in [5.74, 6) is -1.74. The lowest BCUT2D eigenvalue weighted by Gasteiger charge is -2.13. The first-order valence-electron chi connectivity index (χ1n) is 10.2. The molecule has 0 rings (SSSR count). The number of aliphatic carboxylic acids is 2. The largest absolute Gasteiger partial charge is 0.481 e. The molecule has 0 saturated carbocycles. The lowest BCUT2D eigenvalue weighted by atomic mass is 10.2. The first kappa shape index (κ1) is 33.3. The van der Waals surface area contributed by atoms with E-state index in [4.69, 9.17) is 39.7 Å². The third-order valence-electron chi connectivity index (χ3n) is 3.09. The van der Waals surface area contributed by atoms with Crippen LogP contribution in [0.4, 0.5) is 0 Å². The molecule has 0 amide bonds. The smallest absolute Gasteiger partial charge is 0.303 e. The maximum Gasteiger partial charge on any atom is 0.303 e. The Labute approximate surface area is 179 Å². The van der Waals surface area contributed by atoms with Gasteiger partial charge in [0.2, 0.25) is 0 Å². The molecule has 5 N–H and O–H groups in total. The van der Waals surface area contributed by atoms with Gasteiger partial charge in [-0.2, -0.15) is 0 Å². The number of carboxylic acid groups (broad SMARTS) is 2. The fourth-order valence-electron chi connectivity index (χ4n) is 1.54. The molecule has 0 aromatic heterocycles. The van der Waals surface area contributed by atoms with Crippen molar-refractivity contribution in [3.63, 3.8) is 0 Å². The van der Waals surface area contributed by atoms with Gasteiger partial charge in [-0.1, -0.05) is 0 Å². The van der Waals surface area contributed by atoms with Gasteiger partial charge in [-0.25, -0.2) is 0 Å². The van der Waals surface area contributed by atoms with E-state index in [1.54, 1.807) is 20.8 Å². The Bertz CT molecular complexity index is 372. The fourth-order valence-corrected chi connectivity index (χ4v) is 1.54. The molecule has 0 heterocycles. The Balaban J connectivity index is -0.000000366. The van der Waals surface area contributed by atoms with Crippen molar-refractivity contribution in [3.8, 4) is 0 Å². The predicted molar refractivity (Wildman–Crippen MR) is 112 cm³/mol. The van der Waals surface area contributed by atoms with Crippen LogP contribution in [0.2, 0.25) is 0 Å². The monoisotopic (exact) mass is 442 g/mol. The summed E-state index contributed by atoms with van der Waals surface area (Å²) in [6.07, 6.45) is 0.0892. The minimum atomic E-state index is -0.870. The molecule has 30 heavy (non-hydrogen) atoms. The second kappa shape index (κ2) is 24.0. The molecule has 0 radical (unpaired) electrons. The van der Waals surface area contributed by atoms with Crippen molar-refractivity contribution < 1.29 is 49.3 Å². The molecule has 0 aliphatic rings. The third kappa shape index (κ3) is 37.5. The zero-order chi connectivity index (χ0) is 23.9. The van der Waals surface area contributed by atoms with E-state index in [-0.39, 0.29) is 37.8 Å². The SMILES string of the molecule is CC(O)COC(C)CO.CCOCC(C)OCC(C)O.O=C(O)CCCCC(=O)O. The van der Waals surface area contributed by atoms with Gasteiger partial charge in [-0.3, -0.25) is 9.59 Å². The summed E-state index contributed by atoms with van der Waals surface area (Å²) >= 11 is 0. The number of rotatable bonds is 15. The topological polar surface area (TPSA) is 163 Å². The molecule has 0 aliphatic carbocycles. The first-order valence-corrected chi connectivity index (χ1v) is 10.2. The van der Waals surface area contributed by atoms with Crippen molar-refractivity contribution in [2.75, 3.05) is 33.0 Å². The molecule has 0 aromatic rings. The van der Waals surface area contributed by atoms with Crippen LogP contribution in [0, 0.1) is 0 Å². The number of ether oxygens (including phenoxy) is 3. The molecule has 0 saturated heterocycles. The van der Waals surface area contributed by atoms with Crippen molar-refractivity contribution in [2.24, 2.45) is 0 Å². The summed E-state index contributed by atoms with van der Waals surface area (Å²) < 4.78 is 15.3. The van der Waals surface area contributed by atoms with Crippen LogP contribution in [0.15, 0.2) is 0 Å². The van der Waals surface area contributed by atoms with Crippen LogP contribution < -0.4 is 0 Å². The van der Waals surface area contributed by atoms with Gasteiger partial charge in [0.1, 0.15) is 0 Å². The molecule has 4 atom stereocenters. The lowest BCUT2D eigenvalue weighted by molar-refractivity contribution is -0.139. The minimum absolute atomic E-state index is 0.00667. The molecule has 0 fully saturated rings. The Morgan fingerprint density at radius 2 is 1.17 bits per heavy atom. The van der Waals surface area contributed by atoms with Crippen molar-refractivity contribution in [1.82, 2.24) is 0 Å². The van der Waals surface area contributed by atoms with Crippen LogP contribution in [0.1, 0.15) is 60.3 Å². The zero-order valence-electron chi connectivity index (χ0n) is 19.0. The zero-order valence-corrected chi connectivity index (χ0v) is 19.0. The number of unbranched alkanes of at least 4 members (excludes halogenated alkanes) is 1. The average Bonchev–Trinajstić information content (AvgIpc) is 2.66. The van der Waals surface area contributed by atoms with E-state index in [0.29, 0.717) is 39.3 Å². The molecule has 4 unspecified atom stereocenters. The van der Waals surface area contributed by atoms with E-state index in [0.717, 1.165) is 0 Å². The summed E-state index contributed by atoms with van der Waals surface area (Å²) in [7, 11) is 0. The Kier molecular flexibility index (Phi) is 26.6. The van der Waals surface area contributed by atoms with Gasteiger partial charge in [0.15, 0.2) is 0 Å². The van der Waals surface area contributed by atoms with Gasteiger partial charge in [-0.15, -0.1) is 0 Å². The highest BCUT2D eigenvalue weighted by Crippen LogP contribution is 1.98. The van der Waals surface area contributed by atoms with Gasteiger partial charge in [0, 0.05) is 19.4 Å². The quantitative estimate of drug-likeness (QED) is 0.233. The standard InChI is InChI=1S/C8H18O3.C6H10O4.C6H14O3/c1-4-10-6-8(3)11-5-7(2)9;7-5(8)3-1-2-4-6(9)10;1-5(8)4-9-6(2)3-7/h7-9H,4-6H2,1-3H3;1-4H2,(H,7,8)(H,9,10);5-8H,3-4H2,1-2H3. The first-order chi connectivity index (χ1) is 14.0. The van der Waals surface area contributed by atoms with Crippen LogP contribution in [-0.2, 0) is 23.8 Å². The van der Waals surface area contributed by atoms with E-state index in [9.17, 15) is 9.59 Å². The van der Waals surface area contributed by atoms with Crippen molar-refractivity contribution in [2.45, 2.75) is 84.7 Å². The molecular formula is C20H42O10. The van der Waals surface area contributed by atoms with Crippen LogP contribution >= 0.6 is 0 Å². The molecule has 0 spiro atoms. The van der Waals surface area contributed by atoms with Crippen molar-refractivity contribution in [1.29, 1.82) is 0 Å². The lowest BCUT2D eigenvalue weighted by Crippen LogP contribution is -2.21. The van der Waals surface area contributed by atoms with E-state index in [2.05, 4.69) is 0 Å². The van der Waals surface area contributed by atoms with E-state index in [1.165, 1.54) is 0 Å². The highest BCUT2D eigenvalue weighted by Gasteiger charge is 2.03. The average molecular weight is 443 g/mol. The third-order valence-corrected chi connectivity index (χ3v) is 3.09. The molecule has 0 aromatic carbocycles.